The molecule has 1 fully saturated rings. The highest BCUT2D eigenvalue weighted by Crippen LogP contribution is 2.36. The standard InChI is InChI=1S/C20H20Cl2FNO3/c1-27-18-7-5-13(10-17(18)23)19(12-4-6-15(21)16(22)9-12)24-8-2-3-14(11-24)20(25)26/h4-7,9-10,14,19H,2-3,8,11H2,1H3,(H,25,26). The molecule has 4 nitrogen and oxygen atoms in total. The van der Waals surface area contributed by atoms with E-state index in [4.69, 9.17) is 27.9 Å². The molecule has 2 unspecified atom stereocenters. The summed E-state index contributed by atoms with van der Waals surface area (Å²) in [6.07, 6.45) is 1.39. The Labute approximate surface area is 167 Å². The third-order valence-corrected chi connectivity index (χ3v) is 5.66. The van der Waals surface area contributed by atoms with Crippen molar-refractivity contribution in [2.45, 2.75) is 18.9 Å². The summed E-state index contributed by atoms with van der Waals surface area (Å²) in [5, 5.41) is 10.3. The Bertz CT molecular complexity index is 846. The molecule has 1 N–H and O–H groups in total. The summed E-state index contributed by atoms with van der Waals surface area (Å²) in [7, 11) is 1.41. The highest BCUT2D eigenvalue weighted by Gasteiger charge is 2.32. The Hall–Kier alpha value is -1.82. The summed E-state index contributed by atoms with van der Waals surface area (Å²) in [5.74, 6) is -1.57. The molecule has 0 saturated carbocycles. The predicted octanol–water partition coefficient (Wildman–Crippen LogP) is 5.03. The van der Waals surface area contributed by atoms with Crippen LogP contribution >= 0.6 is 23.2 Å². The number of benzene rings is 2. The average Bonchev–Trinajstić information content (AvgIpc) is 2.65. The van der Waals surface area contributed by atoms with Crippen LogP contribution in [0.15, 0.2) is 36.4 Å². The highest BCUT2D eigenvalue weighted by atomic mass is 35.5. The van der Waals surface area contributed by atoms with E-state index in [0.717, 1.165) is 12.0 Å². The van der Waals surface area contributed by atoms with Crippen molar-refractivity contribution in [2.24, 2.45) is 5.92 Å². The fourth-order valence-electron chi connectivity index (χ4n) is 3.59. The molecule has 1 aliphatic rings. The first kappa shape index (κ1) is 19.9. The SMILES string of the molecule is COc1ccc(C(c2ccc(Cl)c(Cl)c2)N2CCCC(C(=O)O)C2)cc1F. The lowest BCUT2D eigenvalue weighted by molar-refractivity contribution is -0.143. The second-order valence-corrected chi connectivity index (χ2v) is 7.46. The summed E-state index contributed by atoms with van der Waals surface area (Å²) in [4.78, 5) is 13.5. The quantitative estimate of drug-likeness (QED) is 0.749. The molecular weight excluding hydrogens is 392 g/mol. The molecule has 0 aromatic heterocycles. The minimum Gasteiger partial charge on any atom is -0.494 e. The van der Waals surface area contributed by atoms with E-state index in [1.54, 1.807) is 24.3 Å². The van der Waals surface area contributed by atoms with Crippen LogP contribution in [-0.4, -0.2) is 36.2 Å². The zero-order chi connectivity index (χ0) is 19.6. The van der Waals surface area contributed by atoms with Gasteiger partial charge >= 0.3 is 5.97 Å². The van der Waals surface area contributed by atoms with Crippen molar-refractivity contribution in [1.82, 2.24) is 4.90 Å². The van der Waals surface area contributed by atoms with Gasteiger partial charge in [-0.3, -0.25) is 9.69 Å². The maximum absolute atomic E-state index is 14.4. The number of piperidine rings is 1. The summed E-state index contributed by atoms with van der Waals surface area (Å²) in [6.45, 7) is 1.09. The normalized spacial score (nSPS) is 18.9. The molecule has 1 saturated heterocycles. The number of hydrogen-bond donors (Lipinski definition) is 1. The van der Waals surface area contributed by atoms with Gasteiger partial charge in [-0.1, -0.05) is 35.3 Å². The van der Waals surface area contributed by atoms with Gasteiger partial charge in [0.2, 0.25) is 0 Å². The number of carboxylic acids is 1. The Morgan fingerprint density at radius 3 is 2.56 bits per heavy atom. The van der Waals surface area contributed by atoms with E-state index in [1.807, 2.05) is 6.07 Å². The molecule has 0 bridgehead atoms. The first-order valence-corrected chi connectivity index (χ1v) is 9.41. The topological polar surface area (TPSA) is 49.8 Å². The summed E-state index contributed by atoms with van der Waals surface area (Å²) in [5.41, 5.74) is 1.54. The third-order valence-electron chi connectivity index (χ3n) is 4.92. The van der Waals surface area contributed by atoms with E-state index >= 15 is 0 Å². The van der Waals surface area contributed by atoms with Gasteiger partial charge in [0.1, 0.15) is 0 Å². The molecule has 2 atom stereocenters. The minimum absolute atomic E-state index is 0.161. The van der Waals surface area contributed by atoms with Crippen molar-refractivity contribution in [2.75, 3.05) is 20.2 Å². The summed E-state index contributed by atoms with van der Waals surface area (Å²) < 4.78 is 19.4. The van der Waals surface area contributed by atoms with Crippen LogP contribution in [0.5, 0.6) is 5.75 Å². The van der Waals surface area contributed by atoms with Gasteiger partial charge in [0.25, 0.3) is 0 Å². The molecule has 1 heterocycles. The fraction of sp³-hybridized carbons (Fsp3) is 0.350. The van der Waals surface area contributed by atoms with E-state index < -0.39 is 17.7 Å². The van der Waals surface area contributed by atoms with Crippen LogP contribution in [0.2, 0.25) is 10.0 Å². The van der Waals surface area contributed by atoms with Crippen LogP contribution in [0.4, 0.5) is 4.39 Å². The molecular formula is C20H20Cl2FNO3. The van der Waals surface area contributed by atoms with Crippen molar-refractivity contribution < 1.29 is 19.0 Å². The molecule has 0 amide bonds. The Kier molecular flexibility index (Phi) is 6.25. The van der Waals surface area contributed by atoms with E-state index in [-0.39, 0.29) is 11.8 Å². The number of carboxylic acid groups (broad SMARTS) is 1. The van der Waals surface area contributed by atoms with Gasteiger partial charge in [-0.25, -0.2) is 4.39 Å². The monoisotopic (exact) mass is 411 g/mol. The lowest BCUT2D eigenvalue weighted by atomic mass is 9.91. The van der Waals surface area contributed by atoms with Crippen molar-refractivity contribution >= 4 is 29.2 Å². The Balaban J connectivity index is 2.04. The minimum atomic E-state index is -0.812. The molecule has 1 aliphatic heterocycles. The predicted molar refractivity (Wildman–Crippen MR) is 103 cm³/mol. The second-order valence-electron chi connectivity index (χ2n) is 6.64. The molecule has 2 aromatic carbocycles. The molecule has 144 valence electrons. The highest BCUT2D eigenvalue weighted by molar-refractivity contribution is 6.42. The smallest absolute Gasteiger partial charge is 0.307 e. The molecule has 0 aliphatic carbocycles. The first-order valence-electron chi connectivity index (χ1n) is 8.66. The van der Waals surface area contributed by atoms with Crippen molar-refractivity contribution in [1.29, 1.82) is 0 Å². The Morgan fingerprint density at radius 2 is 1.93 bits per heavy atom. The van der Waals surface area contributed by atoms with E-state index in [9.17, 15) is 14.3 Å². The van der Waals surface area contributed by atoms with Crippen LogP contribution in [0, 0.1) is 11.7 Å². The lowest BCUT2D eigenvalue weighted by Gasteiger charge is -2.37. The van der Waals surface area contributed by atoms with Gasteiger partial charge in [0, 0.05) is 6.54 Å². The number of methoxy groups -OCH3 is 1. The van der Waals surface area contributed by atoms with Crippen molar-refractivity contribution in [3.8, 4) is 5.75 Å². The van der Waals surface area contributed by atoms with Gasteiger partial charge in [-0.2, -0.15) is 0 Å². The van der Waals surface area contributed by atoms with Crippen LogP contribution in [0.25, 0.3) is 0 Å². The van der Waals surface area contributed by atoms with Crippen LogP contribution < -0.4 is 4.74 Å². The number of carbonyl (C=O) groups is 1. The number of halogens is 3. The van der Waals surface area contributed by atoms with Gasteiger partial charge in [-0.05, 0) is 54.8 Å². The molecule has 27 heavy (non-hydrogen) atoms. The Morgan fingerprint density at radius 1 is 1.22 bits per heavy atom. The molecule has 0 spiro atoms. The summed E-state index contributed by atoms with van der Waals surface area (Å²) >= 11 is 12.3. The first-order chi connectivity index (χ1) is 12.9. The number of likely N-dealkylation sites (tertiary alicyclic amines) is 1. The number of rotatable bonds is 5. The van der Waals surface area contributed by atoms with Gasteiger partial charge in [-0.15, -0.1) is 0 Å². The van der Waals surface area contributed by atoms with Crippen molar-refractivity contribution in [3.63, 3.8) is 0 Å². The molecule has 0 radical (unpaired) electrons. The van der Waals surface area contributed by atoms with E-state index in [1.165, 1.54) is 13.2 Å². The number of aliphatic carboxylic acids is 1. The van der Waals surface area contributed by atoms with E-state index in [2.05, 4.69) is 4.90 Å². The third kappa shape index (κ3) is 4.37. The average molecular weight is 412 g/mol. The molecule has 7 heteroatoms. The zero-order valence-electron chi connectivity index (χ0n) is 14.8. The number of nitrogens with zero attached hydrogens (tertiary/aromatic N) is 1. The van der Waals surface area contributed by atoms with Gasteiger partial charge in [0.15, 0.2) is 11.6 Å². The van der Waals surface area contributed by atoms with Crippen LogP contribution in [0.3, 0.4) is 0 Å². The van der Waals surface area contributed by atoms with Crippen LogP contribution in [0.1, 0.15) is 30.0 Å². The largest absolute Gasteiger partial charge is 0.494 e. The van der Waals surface area contributed by atoms with Gasteiger partial charge in [0.05, 0.1) is 29.1 Å². The maximum Gasteiger partial charge on any atom is 0.307 e. The maximum atomic E-state index is 14.4. The number of hydrogen-bond acceptors (Lipinski definition) is 3. The lowest BCUT2D eigenvalue weighted by Crippen LogP contribution is -2.41. The van der Waals surface area contributed by atoms with Crippen molar-refractivity contribution in [3.05, 3.63) is 63.4 Å². The molecule has 2 aromatic rings. The van der Waals surface area contributed by atoms with Gasteiger partial charge < -0.3 is 9.84 Å². The fourth-order valence-corrected chi connectivity index (χ4v) is 3.90. The number of ether oxygens (including phenoxy) is 1. The molecule has 3 rings (SSSR count). The van der Waals surface area contributed by atoms with Crippen LogP contribution in [-0.2, 0) is 4.79 Å². The second kappa shape index (κ2) is 8.46. The zero-order valence-corrected chi connectivity index (χ0v) is 16.3. The summed E-state index contributed by atoms with van der Waals surface area (Å²) in [6, 6.07) is 9.75. The van der Waals surface area contributed by atoms with E-state index in [0.29, 0.717) is 35.1 Å².